The number of carbonyl (C=O) groups is 1. The molecule has 0 saturated carbocycles. The molecule has 25 heavy (non-hydrogen) atoms. The van der Waals surface area contributed by atoms with Crippen LogP contribution in [0.5, 0.6) is 0 Å². The highest BCUT2D eigenvalue weighted by Crippen LogP contribution is 2.19. The molecule has 6 heteroatoms. The van der Waals surface area contributed by atoms with Gasteiger partial charge in [0.1, 0.15) is 6.04 Å². The Labute approximate surface area is 151 Å². The largest absolute Gasteiger partial charge is 0.341 e. The molecule has 5 nitrogen and oxygen atoms in total. The predicted octanol–water partition coefficient (Wildman–Crippen LogP) is 2.95. The predicted molar refractivity (Wildman–Crippen MR) is 99.7 cm³/mol. The van der Waals surface area contributed by atoms with Crippen LogP contribution >= 0.6 is 0 Å². The molecule has 1 N–H and O–H groups in total. The number of amides is 1. The average molecular weight is 367 g/mol. The number of hydrogen-bond acceptors (Lipinski definition) is 3. The maximum absolute atomic E-state index is 12.9. The first-order valence-electron chi connectivity index (χ1n) is 9.07. The van der Waals surface area contributed by atoms with Crippen LogP contribution in [0.2, 0.25) is 0 Å². The first kappa shape index (κ1) is 19.9. The summed E-state index contributed by atoms with van der Waals surface area (Å²) in [6.07, 6.45) is 2.45. The maximum Gasteiger partial charge on any atom is 0.241 e. The Hall–Kier alpha value is -1.40. The normalized spacial score (nSPS) is 17.7. The number of carbonyl (C=O) groups excluding carboxylic acids is 1. The minimum Gasteiger partial charge on any atom is -0.341 e. The average Bonchev–Trinajstić information content (AvgIpc) is 2.54. The van der Waals surface area contributed by atoms with Crippen molar-refractivity contribution in [2.45, 2.75) is 57.9 Å². The molecule has 0 spiro atoms. The molecule has 1 saturated heterocycles. The van der Waals surface area contributed by atoms with E-state index < -0.39 is 16.1 Å². The molecule has 2 rings (SSSR count). The highest BCUT2D eigenvalue weighted by atomic mass is 32.2. The van der Waals surface area contributed by atoms with Crippen LogP contribution in [0.1, 0.15) is 45.6 Å². The van der Waals surface area contributed by atoms with E-state index in [0.29, 0.717) is 25.4 Å². The van der Waals surface area contributed by atoms with Crippen LogP contribution < -0.4 is 4.72 Å². The monoisotopic (exact) mass is 366 g/mol. The van der Waals surface area contributed by atoms with Crippen molar-refractivity contribution in [1.82, 2.24) is 9.62 Å². The second-order valence-electron chi connectivity index (χ2n) is 7.62. The van der Waals surface area contributed by atoms with Crippen molar-refractivity contribution in [3.8, 4) is 0 Å². The molecule has 0 aromatic heterocycles. The number of rotatable bonds is 6. The molecule has 1 aliphatic heterocycles. The van der Waals surface area contributed by atoms with Gasteiger partial charge in [-0.3, -0.25) is 4.79 Å². The number of piperidine rings is 1. The fraction of sp³-hybridized carbons (Fsp3) is 0.632. The van der Waals surface area contributed by atoms with Crippen molar-refractivity contribution in [1.29, 1.82) is 0 Å². The van der Waals surface area contributed by atoms with Gasteiger partial charge in [0, 0.05) is 13.1 Å². The van der Waals surface area contributed by atoms with Crippen molar-refractivity contribution in [3.05, 3.63) is 29.8 Å². The molecule has 0 radical (unpaired) electrons. The number of nitrogens with one attached hydrogen (secondary N) is 1. The van der Waals surface area contributed by atoms with Gasteiger partial charge in [0.2, 0.25) is 15.9 Å². The van der Waals surface area contributed by atoms with Gasteiger partial charge in [0.25, 0.3) is 0 Å². The van der Waals surface area contributed by atoms with E-state index in [-0.39, 0.29) is 16.7 Å². The fourth-order valence-electron chi connectivity index (χ4n) is 3.09. The van der Waals surface area contributed by atoms with Gasteiger partial charge in [-0.15, -0.1) is 0 Å². The Morgan fingerprint density at radius 1 is 1.20 bits per heavy atom. The molecular formula is C19H30N2O3S. The number of sulfonamides is 1. The summed E-state index contributed by atoms with van der Waals surface area (Å²) >= 11 is 0. The minimum atomic E-state index is -3.71. The molecule has 1 aromatic rings. The van der Waals surface area contributed by atoms with Crippen molar-refractivity contribution >= 4 is 15.9 Å². The Morgan fingerprint density at radius 2 is 1.76 bits per heavy atom. The smallest absolute Gasteiger partial charge is 0.241 e. The SMILES string of the molecule is Cc1ccc(S(=O)(=O)N[C@@H](CC(C)C)C(=O)N2CCC(C)CC2)cc1. The lowest BCUT2D eigenvalue weighted by Gasteiger charge is -2.33. The lowest BCUT2D eigenvalue weighted by atomic mass is 9.97. The van der Waals surface area contributed by atoms with E-state index >= 15 is 0 Å². The fourth-order valence-corrected chi connectivity index (χ4v) is 4.29. The molecular weight excluding hydrogens is 336 g/mol. The molecule has 1 aliphatic rings. The highest BCUT2D eigenvalue weighted by molar-refractivity contribution is 7.89. The Balaban J connectivity index is 2.16. The Kier molecular flexibility index (Phi) is 6.63. The molecule has 1 amide bonds. The molecule has 0 aliphatic carbocycles. The Morgan fingerprint density at radius 3 is 2.28 bits per heavy atom. The summed E-state index contributed by atoms with van der Waals surface area (Å²) in [6, 6.07) is 5.98. The van der Waals surface area contributed by atoms with E-state index in [1.165, 1.54) is 0 Å². The van der Waals surface area contributed by atoms with Crippen LogP contribution in [0.3, 0.4) is 0 Å². The van der Waals surface area contributed by atoms with Crippen LogP contribution in [0.25, 0.3) is 0 Å². The standard InChI is InChI=1S/C19H30N2O3S/c1-14(2)13-18(19(22)21-11-9-16(4)10-12-21)20-25(23,24)17-7-5-15(3)6-8-17/h5-8,14,16,18,20H,9-13H2,1-4H3/t18-/m0/s1. The van der Waals surface area contributed by atoms with Crippen LogP contribution in [0.4, 0.5) is 0 Å². The number of likely N-dealkylation sites (tertiary alicyclic amines) is 1. The zero-order chi connectivity index (χ0) is 18.6. The van der Waals surface area contributed by atoms with Gasteiger partial charge in [-0.05, 0) is 50.2 Å². The summed E-state index contributed by atoms with van der Waals surface area (Å²) in [6.45, 7) is 9.51. The zero-order valence-corrected chi connectivity index (χ0v) is 16.5. The van der Waals surface area contributed by atoms with E-state index in [2.05, 4.69) is 11.6 Å². The summed E-state index contributed by atoms with van der Waals surface area (Å²) in [5, 5.41) is 0. The lowest BCUT2D eigenvalue weighted by molar-refractivity contribution is -0.134. The lowest BCUT2D eigenvalue weighted by Crippen LogP contribution is -2.51. The second-order valence-corrected chi connectivity index (χ2v) is 9.34. The van der Waals surface area contributed by atoms with E-state index in [0.717, 1.165) is 18.4 Å². The summed E-state index contributed by atoms with van der Waals surface area (Å²) < 4.78 is 28.0. The molecule has 1 heterocycles. The molecule has 1 fully saturated rings. The van der Waals surface area contributed by atoms with Gasteiger partial charge in [0.05, 0.1) is 4.90 Å². The third-order valence-corrected chi connectivity index (χ3v) is 6.22. The first-order chi connectivity index (χ1) is 11.7. The van der Waals surface area contributed by atoms with Gasteiger partial charge in [-0.25, -0.2) is 8.42 Å². The molecule has 1 atom stereocenters. The number of nitrogens with zero attached hydrogens (tertiary/aromatic N) is 1. The second kappa shape index (κ2) is 8.32. The quantitative estimate of drug-likeness (QED) is 0.842. The van der Waals surface area contributed by atoms with Gasteiger partial charge >= 0.3 is 0 Å². The van der Waals surface area contributed by atoms with E-state index in [1.54, 1.807) is 24.3 Å². The first-order valence-corrected chi connectivity index (χ1v) is 10.5. The van der Waals surface area contributed by atoms with Gasteiger partial charge in [0.15, 0.2) is 0 Å². The third-order valence-electron chi connectivity index (χ3n) is 4.73. The van der Waals surface area contributed by atoms with Gasteiger partial charge in [-0.2, -0.15) is 4.72 Å². The molecule has 0 unspecified atom stereocenters. The topological polar surface area (TPSA) is 66.5 Å². The molecule has 140 valence electrons. The third kappa shape index (κ3) is 5.54. The van der Waals surface area contributed by atoms with E-state index in [1.807, 2.05) is 25.7 Å². The van der Waals surface area contributed by atoms with Crippen molar-refractivity contribution in [2.24, 2.45) is 11.8 Å². The van der Waals surface area contributed by atoms with Crippen LogP contribution in [-0.2, 0) is 14.8 Å². The van der Waals surface area contributed by atoms with Crippen LogP contribution in [0, 0.1) is 18.8 Å². The highest BCUT2D eigenvalue weighted by Gasteiger charge is 2.31. The summed E-state index contributed by atoms with van der Waals surface area (Å²) in [5.74, 6) is 0.742. The number of aryl methyl sites for hydroxylation is 1. The molecule has 1 aromatic carbocycles. The van der Waals surface area contributed by atoms with Crippen molar-refractivity contribution in [2.75, 3.05) is 13.1 Å². The molecule has 0 bridgehead atoms. The number of hydrogen-bond donors (Lipinski definition) is 1. The van der Waals surface area contributed by atoms with Gasteiger partial charge in [-0.1, -0.05) is 38.5 Å². The zero-order valence-electron chi connectivity index (χ0n) is 15.7. The number of benzene rings is 1. The summed E-state index contributed by atoms with van der Waals surface area (Å²) in [4.78, 5) is 14.9. The van der Waals surface area contributed by atoms with Crippen LogP contribution in [0.15, 0.2) is 29.2 Å². The van der Waals surface area contributed by atoms with Crippen LogP contribution in [-0.4, -0.2) is 38.4 Å². The maximum atomic E-state index is 12.9. The minimum absolute atomic E-state index is 0.101. The Bertz CT molecular complexity index is 675. The van der Waals surface area contributed by atoms with Crippen molar-refractivity contribution in [3.63, 3.8) is 0 Å². The van der Waals surface area contributed by atoms with Gasteiger partial charge < -0.3 is 4.90 Å². The van der Waals surface area contributed by atoms with E-state index in [9.17, 15) is 13.2 Å². The van der Waals surface area contributed by atoms with Crippen molar-refractivity contribution < 1.29 is 13.2 Å². The summed E-state index contributed by atoms with van der Waals surface area (Å²) in [7, 11) is -3.71. The van der Waals surface area contributed by atoms with E-state index in [4.69, 9.17) is 0 Å². The summed E-state index contributed by atoms with van der Waals surface area (Å²) in [5.41, 5.74) is 0.996.